The molecule has 202 valence electrons. The number of aromatic hydroxyl groups is 1. The first-order valence-corrected chi connectivity index (χ1v) is 13.2. The maximum absolute atomic E-state index is 13.6. The lowest BCUT2D eigenvalue weighted by molar-refractivity contribution is -0.147. The van der Waals surface area contributed by atoms with Gasteiger partial charge in [-0.15, -0.1) is 0 Å². The van der Waals surface area contributed by atoms with Gasteiger partial charge < -0.3 is 31.5 Å². The number of hydrogen-bond donors (Lipinski definition) is 6. The highest BCUT2D eigenvalue weighted by Crippen LogP contribution is 2.53. The minimum atomic E-state index is -2.59. The number of carbonyl (C=O) groups excluding carboxylic acids is 3. The van der Waals surface area contributed by atoms with E-state index in [4.69, 9.17) is 17.3 Å². The zero-order valence-electron chi connectivity index (χ0n) is 20.8. The Kier molecular flexibility index (Phi) is 5.87. The molecular weight excluding hydrogens is 524 g/mol. The molecule has 6 rings (SSSR count). The summed E-state index contributed by atoms with van der Waals surface area (Å²) in [6.45, 7) is 0.380. The minimum Gasteiger partial charge on any atom is -0.508 e. The fraction of sp³-hybridized carbons (Fsp3) is 0.345. The molecule has 4 aliphatic rings. The van der Waals surface area contributed by atoms with Crippen LogP contribution in [-0.4, -0.2) is 49.5 Å². The monoisotopic (exact) mass is 550 g/mol. The van der Waals surface area contributed by atoms with Crippen LogP contribution in [-0.2, 0) is 40.2 Å². The molecule has 1 saturated carbocycles. The molecule has 1 fully saturated rings. The molecule has 10 heteroatoms. The van der Waals surface area contributed by atoms with Crippen molar-refractivity contribution in [2.75, 3.05) is 0 Å². The van der Waals surface area contributed by atoms with E-state index >= 15 is 0 Å². The van der Waals surface area contributed by atoms with Crippen LogP contribution in [0, 0.1) is 11.8 Å². The Balaban J connectivity index is 1.34. The zero-order chi connectivity index (χ0) is 27.8. The van der Waals surface area contributed by atoms with Gasteiger partial charge in [-0.05, 0) is 59.9 Å². The topological polar surface area (TPSA) is 170 Å². The van der Waals surface area contributed by atoms with E-state index in [0.717, 1.165) is 12.8 Å². The number of fused-ring (bicyclic) bond motifs is 4. The zero-order valence-corrected chi connectivity index (χ0v) is 21.6. The van der Waals surface area contributed by atoms with Crippen LogP contribution in [0.2, 0.25) is 5.02 Å². The van der Waals surface area contributed by atoms with E-state index in [1.165, 1.54) is 17.2 Å². The van der Waals surface area contributed by atoms with E-state index in [2.05, 4.69) is 17.4 Å². The predicted molar refractivity (Wildman–Crippen MR) is 141 cm³/mol. The van der Waals surface area contributed by atoms with E-state index in [1.54, 1.807) is 0 Å². The van der Waals surface area contributed by atoms with E-state index in [9.17, 15) is 34.8 Å². The Morgan fingerprint density at radius 2 is 1.74 bits per heavy atom. The van der Waals surface area contributed by atoms with Crippen molar-refractivity contribution in [1.82, 2.24) is 5.32 Å². The van der Waals surface area contributed by atoms with Gasteiger partial charge in [0.15, 0.2) is 11.4 Å². The quantitative estimate of drug-likeness (QED) is 0.315. The Bertz CT molecular complexity index is 1520. The first-order valence-electron chi connectivity index (χ1n) is 12.8. The molecule has 0 bridgehead atoms. The standard InChI is InChI=1S/C29H27ClN2O7/c30-24-15(11-32-17-6-12-3-1-2-4-13(12)7-17)9-19(33)22-18(24)8-14-5-16-10-20(34)23(28(31)38)27(37)29(16,39)26(36)21(14)25(22)35/h1-4,9,14,16-17,32-33,35,37,39H,5-8,10-11H2,(H2,31,38)/t14?,16-,29-/m0/s1. The van der Waals surface area contributed by atoms with Crippen molar-refractivity contribution in [3.63, 3.8) is 0 Å². The summed E-state index contributed by atoms with van der Waals surface area (Å²) in [5.41, 5.74) is 5.31. The lowest BCUT2D eigenvalue weighted by Gasteiger charge is -2.46. The van der Waals surface area contributed by atoms with Crippen LogP contribution in [0.3, 0.4) is 0 Å². The molecule has 39 heavy (non-hydrogen) atoms. The van der Waals surface area contributed by atoms with Gasteiger partial charge in [0.25, 0.3) is 5.91 Å². The largest absolute Gasteiger partial charge is 0.508 e. The normalized spacial score (nSPS) is 26.3. The van der Waals surface area contributed by atoms with E-state index < -0.39 is 52.0 Å². The van der Waals surface area contributed by atoms with Crippen molar-refractivity contribution in [3.05, 3.63) is 80.1 Å². The number of amides is 1. The summed E-state index contributed by atoms with van der Waals surface area (Å²) in [6, 6.07) is 9.90. The first kappa shape index (κ1) is 25.6. The number of hydrogen-bond acceptors (Lipinski definition) is 8. The number of phenols is 1. The highest BCUT2D eigenvalue weighted by Gasteiger charge is 2.60. The Labute approximate surface area is 228 Å². The molecule has 1 unspecified atom stereocenters. The summed E-state index contributed by atoms with van der Waals surface area (Å²) < 4.78 is 0. The maximum Gasteiger partial charge on any atom is 0.255 e. The number of aliphatic hydroxyl groups excluding tert-OH is 2. The lowest BCUT2D eigenvalue weighted by Crippen LogP contribution is -2.58. The van der Waals surface area contributed by atoms with Crippen molar-refractivity contribution in [1.29, 1.82) is 0 Å². The SMILES string of the molecule is NC(=O)C1=C(O)[C@@]2(O)C(=O)C3=C(O)c4c(O)cc(CNC5Cc6ccccc6C5)c(Cl)c4CC3C[C@H]2CC1=O. The van der Waals surface area contributed by atoms with Crippen molar-refractivity contribution >= 4 is 34.8 Å². The number of ketones is 2. The van der Waals surface area contributed by atoms with Gasteiger partial charge in [0.1, 0.15) is 22.8 Å². The van der Waals surface area contributed by atoms with Gasteiger partial charge in [-0.1, -0.05) is 35.9 Å². The van der Waals surface area contributed by atoms with Gasteiger partial charge in [-0.3, -0.25) is 14.4 Å². The molecule has 9 nitrogen and oxygen atoms in total. The molecule has 2 aromatic rings. The minimum absolute atomic E-state index is 0.0100. The second-order valence-corrected chi connectivity index (χ2v) is 11.3. The molecular formula is C29H27ClN2O7. The highest BCUT2D eigenvalue weighted by molar-refractivity contribution is 6.32. The number of halogens is 1. The summed E-state index contributed by atoms with van der Waals surface area (Å²) in [5.74, 6) is -6.61. The lowest BCUT2D eigenvalue weighted by atomic mass is 9.59. The molecule has 1 amide bonds. The number of phenolic OH excluding ortho intramolecular Hbond substituents is 1. The van der Waals surface area contributed by atoms with Gasteiger partial charge >= 0.3 is 0 Å². The molecule has 2 aromatic carbocycles. The molecule has 0 aliphatic heterocycles. The number of aliphatic hydroxyl groups is 3. The summed E-state index contributed by atoms with van der Waals surface area (Å²) in [5, 5.41) is 47.9. The third-order valence-electron chi connectivity index (χ3n) is 8.70. The Hall–Kier alpha value is -3.66. The van der Waals surface area contributed by atoms with Gasteiger partial charge in [0.05, 0.1) is 5.56 Å². The van der Waals surface area contributed by atoms with Crippen molar-refractivity contribution in [2.45, 2.75) is 50.3 Å². The molecule has 0 saturated heterocycles. The smallest absolute Gasteiger partial charge is 0.255 e. The fourth-order valence-corrected chi connectivity index (χ4v) is 7.10. The van der Waals surface area contributed by atoms with E-state index in [0.29, 0.717) is 22.7 Å². The number of Topliss-reactive ketones (excluding diaryl/α,β-unsaturated/α-hetero) is 2. The second-order valence-electron chi connectivity index (χ2n) is 10.9. The number of carbonyl (C=O) groups is 3. The molecule has 7 N–H and O–H groups in total. The molecule has 4 aliphatic carbocycles. The molecule has 3 atom stereocenters. The molecule has 0 aromatic heterocycles. The van der Waals surface area contributed by atoms with Crippen LogP contribution in [0.1, 0.15) is 40.7 Å². The third kappa shape index (κ3) is 3.71. The summed E-state index contributed by atoms with van der Waals surface area (Å²) in [6.07, 6.45) is 1.62. The number of rotatable bonds is 4. The van der Waals surface area contributed by atoms with Crippen LogP contribution in [0.15, 0.2) is 47.2 Å². The maximum atomic E-state index is 13.6. The van der Waals surface area contributed by atoms with Gasteiger partial charge in [-0.2, -0.15) is 0 Å². The average Bonchev–Trinajstić information content (AvgIpc) is 3.30. The van der Waals surface area contributed by atoms with Crippen LogP contribution >= 0.6 is 11.6 Å². The predicted octanol–water partition coefficient (Wildman–Crippen LogP) is 2.33. The molecule has 0 spiro atoms. The van der Waals surface area contributed by atoms with Gasteiger partial charge in [0.2, 0.25) is 5.78 Å². The summed E-state index contributed by atoms with van der Waals surface area (Å²) >= 11 is 6.80. The number of nitrogens with one attached hydrogen (secondary N) is 1. The number of nitrogens with two attached hydrogens (primary N) is 1. The van der Waals surface area contributed by atoms with Crippen LogP contribution in [0.5, 0.6) is 5.75 Å². The Morgan fingerprint density at radius 1 is 1.08 bits per heavy atom. The van der Waals surface area contributed by atoms with Gasteiger partial charge in [-0.25, -0.2) is 0 Å². The van der Waals surface area contributed by atoms with E-state index in [-0.39, 0.29) is 42.2 Å². The summed E-state index contributed by atoms with van der Waals surface area (Å²) in [4.78, 5) is 37.8. The first-order chi connectivity index (χ1) is 18.5. The van der Waals surface area contributed by atoms with E-state index in [1.807, 2.05) is 12.1 Å². The van der Waals surface area contributed by atoms with Gasteiger partial charge in [0, 0.05) is 35.5 Å². The molecule has 0 radical (unpaired) electrons. The Morgan fingerprint density at radius 3 is 2.38 bits per heavy atom. The van der Waals surface area contributed by atoms with Crippen molar-refractivity contribution < 1.29 is 34.8 Å². The second kappa shape index (κ2) is 8.94. The van der Waals surface area contributed by atoms with Crippen molar-refractivity contribution in [2.24, 2.45) is 17.6 Å². The van der Waals surface area contributed by atoms with Crippen LogP contribution in [0.25, 0.3) is 5.76 Å². The molecule has 0 heterocycles. The van der Waals surface area contributed by atoms with Crippen LogP contribution < -0.4 is 11.1 Å². The van der Waals surface area contributed by atoms with Crippen molar-refractivity contribution in [3.8, 4) is 5.75 Å². The number of primary amides is 1. The van der Waals surface area contributed by atoms with Crippen LogP contribution in [0.4, 0.5) is 0 Å². The highest BCUT2D eigenvalue weighted by atomic mass is 35.5. The number of benzene rings is 2. The fourth-order valence-electron chi connectivity index (χ4n) is 6.81. The summed E-state index contributed by atoms with van der Waals surface area (Å²) in [7, 11) is 0. The average molecular weight is 551 g/mol. The third-order valence-corrected chi connectivity index (χ3v) is 9.18.